The molecule has 6 rings (SSSR count). The molecule has 1 N–H and O–H groups in total. The minimum absolute atomic E-state index is 0.00573. The molecule has 1 amide bonds. The first-order valence-electron chi connectivity index (χ1n) is 10.1. The van der Waals surface area contributed by atoms with Gasteiger partial charge in [-0.2, -0.15) is 13.8 Å². The summed E-state index contributed by atoms with van der Waals surface area (Å²) in [5.41, 5.74) is 2.87. The molecule has 0 radical (unpaired) electrons. The lowest BCUT2D eigenvalue weighted by atomic mass is 9.88. The van der Waals surface area contributed by atoms with Crippen LogP contribution in [0.5, 0.6) is 5.75 Å². The molecule has 3 saturated heterocycles. The second kappa shape index (κ2) is 7.83. The molecule has 1 aromatic carbocycles. The number of amides is 1. The molecule has 2 aromatic heterocycles. The highest BCUT2D eigenvalue weighted by atomic mass is 32.1. The topological polar surface area (TPSA) is 118 Å². The first-order chi connectivity index (χ1) is 15.8. The van der Waals surface area contributed by atoms with E-state index in [-0.39, 0.29) is 41.6 Å². The van der Waals surface area contributed by atoms with E-state index < -0.39 is 18.2 Å². The smallest absolute Gasteiger partial charge is 0.465 e. The van der Waals surface area contributed by atoms with Crippen LogP contribution in [0.3, 0.4) is 0 Å². The normalized spacial score (nSPS) is 20.0. The van der Waals surface area contributed by atoms with Crippen LogP contribution in [0.2, 0.25) is 0 Å². The zero-order chi connectivity index (χ0) is 23.3. The summed E-state index contributed by atoms with van der Waals surface area (Å²) in [5, 5.41) is 11.1. The Bertz CT molecular complexity index is 1200. The second-order valence-electron chi connectivity index (χ2n) is 7.64. The van der Waals surface area contributed by atoms with Crippen LogP contribution in [0, 0.1) is 0 Å². The summed E-state index contributed by atoms with van der Waals surface area (Å²) in [6.07, 6.45) is -4.46. The summed E-state index contributed by atoms with van der Waals surface area (Å²) in [4.78, 5) is 34.8. The number of anilines is 1. The van der Waals surface area contributed by atoms with Gasteiger partial charge in [-0.1, -0.05) is 0 Å². The standard InChI is InChI=1S/C20H18F2N4O6S/c1-2-30-17(27)20(21,22)32-14-4-3-12(13-8-33-9-23-13)16-15(14)24-18(31-16)25-6-10-5-11(7-25)26(10)19(28)29/h3-4,8-11H,2,5-7H2,1H3,(H,28,29). The van der Waals surface area contributed by atoms with E-state index in [1.165, 1.54) is 35.3 Å². The van der Waals surface area contributed by atoms with Gasteiger partial charge in [0.15, 0.2) is 16.8 Å². The van der Waals surface area contributed by atoms with Crippen molar-refractivity contribution in [2.24, 2.45) is 0 Å². The Morgan fingerprint density at radius 2 is 2.09 bits per heavy atom. The Morgan fingerprint density at radius 1 is 1.33 bits per heavy atom. The molecule has 10 nitrogen and oxygen atoms in total. The minimum atomic E-state index is -4.22. The Morgan fingerprint density at radius 3 is 2.73 bits per heavy atom. The molecule has 0 spiro atoms. The van der Waals surface area contributed by atoms with Gasteiger partial charge in [0.2, 0.25) is 0 Å². The minimum Gasteiger partial charge on any atom is -0.465 e. The van der Waals surface area contributed by atoms with Crippen LogP contribution in [0.15, 0.2) is 27.4 Å². The summed E-state index contributed by atoms with van der Waals surface area (Å²) < 4.78 is 43.7. The van der Waals surface area contributed by atoms with E-state index in [2.05, 4.69) is 14.7 Å². The van der Waals surface area contributed by atoms with E-state index in [9.17, 15) is 23.5 Å². The maximum atomic E-state index is 14.3. The van der Waals surface area contributed by atoms with Crippen LogP contribution in [-0.4, -0.2) is 69.9 Å². The fraction of sp³-hybridized carbons (Fsp3) is 0.400. The number of nitrogens with zero attached hydrogens (tertiary/aromatic N) is 4. The van der Waals surface area contributed by atoms with Gasteiger partial charge in [0.25, 0.3) is 6.01 Å². The molecule has 33 heavy (non-hydrogen) atoms. The van der Waals surface area contributed by atoms with Crippen LogP contribution in [0.25, 0.3) is 22.4 Å². The third-order valence-electron chi connectivity index (χ3n) is 5.64. The number of ether oxygens (including phenoxy) is 2. The van der Waals surface area contributed by atoms with Gasteiger partial charge >= 0.3 is 18.2 Å². The Labute approximate surface area is 189 Å². The summed E-state index contributed by atoms with van der Waals surface area (Å²) >= 11 is 1.35. The highest BCUT2D eigenvalue weighted by Gasteiger charge is 2.49. The number of rotatable bonds is 6. The van der Waals surface area contributed by atoms with Crippen molar-refractivity contribution < 1.29 is 37.4 Å². The lowest BCUT2D eigenvalue weighted by Gasteiger charge is -2.54. The van der Waals surface area contributed by atoms with Gasteiger partial charge in [-0.25, -0.2) is 14.6 Å². The highest BCUT2D eigenvalue weighted by Crippen LogP contribution is 2.41. The van der Waals surface area contributed by atoms with Gasteiger partial charge in [-0.15, -0.1) is 11.3 Å². The van der Waals surface area contributed by atoms with Crippen molar-refractivity contribution in [2.45, 2.75) is 31.5 Å². The fourth-order valence-corrected chi connectivity index (χ4v) is 4.76. The number of piperazine rings is 1. The summed E-state index contributed by atoms with van der Waals surface area (Å²) in [6, 6.07) is 2.53. The summed E-state index contributed by atoms with van der Waals surface area (Å²) in [7, 11) is 0. The van der Waals surface area contributed by atoms with E-state index in [4.69, 9.17) is 9.15 Å². The van der Waals surface area contributed by atoms with E-state index >= 15 is 0 Å². The van der Waals surface area contributed by atoms with E-state index in [1.807, 2.05) is 0 Å². The summed E-state index contributed by atoms with van der Waals surface area (Å²) in [6.45, 7) is 1.90. The molecule has 3 aromatic rings. The van der Waals surface area contributed by atoms with Gasteiger partial charge in [0.1, 0.15) is 0 Å². The van der Waals surface area contributed by atoms with Gasteiger partial charge < -0.3 is 23.9 Å². The number of piperidine rings is 1. The number of carboxylic acid groups (broad SMARTS) is 1. The van der Waals surface area contributed by atoms with E-state index in [0.29, 0.717) is 24.3 Å². The number of thiazole rings is 1. The number of aromatic nitrogens is 2. The number of oxazole rings is 1. The molecule has 3 fully saturated rings. The van der Waals surface area contributed by atoms with Crippen molar-refractivity contribution in [2.75, 3.05) is 24.6 Å². The summed E-state index contributed by atoms with van der Waals surface area (Å²) in [5.74, 6) is -2.17. The number of carbonyl (C=O) groups is 2. The first kappa shape index (κ1) is 21.4. The van der Waals surface area contributed by atoms with Crippen molar-refractivity contribution in [1.82, 2.24) is 14.9 Å². The van der Waals surface area contributed by atoms with E-state index in [0.717, 1.165) is 6.42 Å². The Hall–Kier alpha value is -3.48. The molecule has 3 aliphatic heterocycles. The number of hydrogen-bond acceptors (Lipinski definition) is 9. The zero-order valence-corrected chi connectivity index (χ0v) is 18.1. The Kier molecular flexibility index (Phi) is 5.07. The molecule has 2 atom stereocenters. The van der Waals surface area contributed by atoms with Crippen molar-refractivity contribution in [3.63, 3.8) is 0 Å². The SMILES string of the molecule is CCOC(=O)C(F)(F)Oc1ccc(-c2cscn2)c2oc(N3CC4CC(C3)N4C(=O)O)nc12. The van der Waals surface area contributed by atoms with Crippen LogP contribution in [-0.2, 0) is 9.53 Å². The fourth-order valence-electron chi connectivity index (χ4n) is 4.21. The van der Waals surface area contributed by atoms with Crippen molar-refractivity contribution in [3.05, 3.63) is 23.0 Å². The average Bonchev–Trinajstić information content (AvgIpc) is 3.44. The molecular formula is C20H18F2N4O6S. The number of esters is 1. The number of halogens is 2. The highest BCUT2D eigenvalue weighted by molar-refractivity contribution is 7.07. The number of fused-ring (bicyclic) bond motifs is 3. The number of benzene rings is 1. The van der Waals surface area contributed by atoms with Gasteiger partial charge in [0.05, 0.1) is 29.9 Å². The molecule has 2 bridgehead atoms. The number of carbonyl (C=O) groups excluding carboxylic acids is 1. The van der Waals surface area contributed by atoms with Gasteiger partial charge in [0, 0.05) is 24.0 Å². The molecule has 5 heterocycles. The third kappa shape index (κ3) is 3.61. The first-order valence-corrected chi connectivity index (χ1v) is 11.0. The lowest BCUT2D eigenvalue weighted by molar-refractivity contribution is -0.216. The Balaban J connectivity index is 1.52. The third-order valence-corrected chi connectivity index (χ3v) is 6.23. The maximum absolute atomic E-state index is 14.3. The quantitative estimate of drug-likeness (QED) is 0.529. The monoisotopic (exact) mass is 480 g/mol. The van der Waals surface area contributed by atoms with Crippen LogP contribution >= 0.6 is 11.3 Å². The van der Waals surface area contributed by atoms with Crippen molar-refractivity contribution >= 4 is 40.5 Å². The second-order valence-corrected chi connectivity index (χ2v) is 8.36. The molecular weight excluding hydrogens is 462 g/mol. The van der Waals surface area contributed by atoms with Crippen LogP contribution in [0.4, 0.5) is 19.6 Å². The van der Waals surface area contributed by atoms with Crippen molar-refractivity contribution in [3.8, 4) is 17.0 Å². The molecule has 2 unspecified atom stereocenters. The predicted molar refractivity (Wildman–Crippen MR) is 112 cm³/mol. The number of hydrogen-bond donors (Lipinski definition) is 1. The largest absolute Gasteiger partial charge is 0.502 e. The predicted octanol–water partition coefficient (Wildman–Crippen LogP) is 3.43. The zero-order valence-electron chi connectivity index (χ0n) is 17.2. The average molecular weight is 480 g/mol. The maximum Gasteiger partial charge on any atom is 0.502 e. The molecule has 0 saturated carbocycles. The lowest BCUT2D eigenvalue weighted by Crippen LogP contribution is -2.70. The van der Waals surface area contributed by atoms with Crippen LogP contribution in [0.1, 0.15) is 13.3 Å². The molecule has 174 valence electrons. The van der Waals surface area contributed by atoms with Gasteiger partial charge in [-0.05, 0) is 25.5 Å². The van der Waals surface area contributed by atoms with Gasteiger partial charge in [-0.3, -0.25) is 4.90 Å². The molecule has 3 aliphatic rings. The van der Waals surface area contributed by atoms with Crippen LogP contribution < -0.4 is 9.64 Å². The molecule has 13 heteroatoms. The number of alkyl halides is 2. The van der Waals surface area contributed by atoms with E-state index in [1.54, 1.807) is 15.8 Å². The van der Waals surface area contributed by atoms with Crippen molar-refractivity contribution in [1.29, 1.82) is 0 Å². The molecule has 0 aliphatic carbocycles.